The van der Waals surface area contributed by atoms with Crippen LogP contribution in [0.5, 0.6) is 0 Å². The first-order valence-electron chi connectivity index (χ1n) is 15.0. The van der Waals surface area contributed by atoms with Crippen LogP contribution in [0.2, 0.25) is 0 Å². The first-order valence-corrected chi connectivity index (χ1v) is 23.6. The second kappa shape index (κ2) is 13.9. The fraction of sp³-hybridized carbons (Fsp3) is 0. The Morgan fingerprint density at radius 1 is 0.339 bits per heavy atom. The fourth-order valence-corrected chi connectivity index (χ4v) is 10.3. The van der Waals surface area contributed by atoms with Crippen molar-refractivity contribution in [2.24, 2.45) is 0 Å². The molecule has 0 spiro atoms. The lowest BCUT2D eigenvalue weighted by Gasteiger charge is -2.16. The molecular weight excluding hydrogens is 861 g/mol. The summed E-state index contributed by atoms with van der Waals surface area (Å²) in [5, 5.41) is -0.980. The average molecular weight is 881 g/mol. The number of nitrogens with one attached hydrogen (secondary N) is 2. The van der Waals surface area contributed by atoms with Crippen LogP contribution >= 0.6 is 0 Å². The third-order valence-corrected chi connectivity index (χ3v) is 14.2. The fourth-order valence-electron chi connectivity index (χ4n) is 5.51. The van der Waals surface area contributed by atoms with Gasteiger partial charge in [0.25, 0.3) is 20.0 Å². The minimum absolute atomic E-state index is 0.142. The highest BCUT2D eigenvalue weighted by molar-refractivity contribution is 7.93. The molecule has 18 nitrogen and oxygen atoms in total. The molecule has 24 heteroatoms. The van der Waals surface area contributed by atoms with Gasteiger partial charge in [-0.25, -0.2) is 50.5 Å². The third kappa shape index (κ3) is 8.53. The van der Waals surface area contributed by atoms with E-state index in [1.54, 1.807) is 0 Å². The maximum absolute atomic E-state index is 13.2. The largest absolute Gasteiger partial charge is 0.744 e. The lowest BCUT2D eigenvalue weighted by molar-refractivity contribution is 0.457. The molecule has 6 aromatic rings. The monoisotopic (exact) mass is 880 g/mol. The molecular formula is C32H20N2O16S6-4. The van der Waals surface area contributed by atoms with E-state index in [0.717, 1.165) is 48.5 Å². The van der Waals surface area contributed by atoms with Crippen molar-refractivity contribution >= 4 is 93.4 Å². The summed E-state index contributed by atoms with van der Waals surface area (Å²) in [5.74, 6) is 0. The van der Waals surface area contributed by atoms with Crippen molar-refractivity contribution in [3.8, 4) is 11.1 Å². The first kappa shape index (κ1) is 40.6. The van der Waals surface area contributed by atoms with Crippen LogP contribution in [0.3, 0.4) is 0 Å². The molecule has 0 aliphatic heterocycles. The molecule has 56 heavy (non-hydrogen) atoms. The van der Waals surface area contributed by atoms with Gasteiger partial charge in [0.05, 0.1) is 29.4 Å². The Balaban J connectivity index is 1.22. The predicted octanol–water partition coefficient (Wildman–Crippen LogP) is 2.88. The van der Waals surface area contributed by atoms with E-state index >= 15 is 0 Å². The summed E-state index contributed by atoms with van der Waals surface area (Å²) in [6.07, 6.45) is 0. The van der Waals surface area contributed by atoms with Crippen molar-refractivity contribution in [3.63, 3.8) is 0 Å². The average Bonchev–Trinajstić information content (AvgIpc) is 3.09. The molecule has 0 radical (unpaired) electrons. The second-order valence-corrected chi connectivity index (χ2v) is 20.6. The van der Waals surface area contributed by atoms with Gasteiger partial charge in [-0.05, 0) is 94.7 Å². The van der Waals surface area contributed by atoms with Crippen LogP contribution in [0.15, 0.2) is 139 Å². The lowest BCUT2D eigenvalue weighted by atomic mass is 10.1. The minimum Gasteiger partial charge on any atom is -0.744 e. The molecule has 0 aliphatic carbocycles. The van der Waals surface area contributed by atoms with E-state index in [4.69, 9.17) is 0 Å². The van der Waals surface area contributed by atoms with Gasteiger partial charge in [0.15, 0.2) is 0 Å². The minimum atomic E-state index is -5.32. The van der Waals surface area contributed by atoms with Crippen LogP contribution in [0.4, 0.5) is 11.4 Å². The molecule has 0 bridgehead atoms. The van der Waals surface area contributed by atoms with Gasteiger partial charge in [0, 0.05) is 22.1 Å². The van der Waals surface area contributed by atoms with E-state index in [2.05, 4.69) is 9.44 Å². The van der Waals surface area contributed by atoms with Gasteiger partial charge in [-0.2, -0.15) is 0 Å². The molecule has 0 aliphatic rings. The number of hydrogen-bond acceptors (Lipinski definition) is 16. The number of fused-ring (bicyclic) bond motifs is 2. The summed E-state index contributed by atoms with van der Waals surface area (Å²) >= 11 is 0. The van der Waals surface area contributed by atoms with Crippen molar-refractivity contribution in [1.82, 2.24) is 0 Å². The zero-order valence-electron chi connectivity index (χ0n) is 27.4. The molecule has 0 unspecified atom stereocenters. The highest BCUT2D eigenvalue weighted by Gasteiger charge is 2.20. The Kier molecular flexibility index (Phi) is 10.1. The highest BCUT2D eigenvalue weighted by Crippen LogP contribution is 2.33. The number of anilines is 2. The van der Waals surface area contributed by atoms with Gasteiger partial charge in [0.1, 0.15) is 40.5 Å². The summed E-state index contributed by atoms with van der Waals surface area (Å²) in [6.45, 7) is 0. The molecule has 0 atom stereocenters. The summed E-state index contributed by atoms with van der Waals surface area (Å²) in [6, 6.07) is 19.3. The Labute approximate surface area is 319 Å². The number of hydrogen-bond donors (Lipinski definition) is 2. The van der Waals surface area contributed by atoms with Crippen molar-refractivity contribution in [3.05, 3.63) is 109 Å². The molecule has 294 valence electrons. The maximum Gasteiger partial charge on any atom is 0.261 e. The van der Waals surface area contributed by atoms with E-state index in [0.29, 0.717) is 23.3 Å². The molecule has 0 amide bonds. The van der Waals surface area contributed by atoms with Crippen LogP contribution in [0.1, 0.15) is 0 Å². The van der Waals surface area contributed by atoms with Gasteiger partial charge in [-0.1, -0.05) is 36.4 Å². The molecule has 0 aromatic heterocycles. The van der Waals surface area contributed by atoms with E-state index in [1.807, 2.05) is 0 Å². The summed E-state index contributed by atoms with van der Waals surface area (Å²) in [5.41, 5.74) is 0.443. The van der Waals surface area contributed by atoms with Crippen LogP contribution < -0.4 is 9.44 Å². The van der Waals surface area contributed by atoms with Gasteiger partial charge in [0.2, 0.25) is 0 Å². The van der Waals surface area contributed by atoms with E-state index in [1.165, 1.54) is 48.5 Å². The predicted molar refractivity (Wildman–Crippen MR) is 193 cm³/mol. The Morgan fingerprint density at radius 2 is 0.661 bits per heavy atom. The van der Waals surface area contributed by atoms with E-state index < -0.39 is 80.1 Å². The smallest absolute Gasteiger partial charge is 0.261 e. The van der Waals surface area contributed by atoms with Gasteiger partial charge in [-0.3, -0.25) is 9.44 Å². The summed E-state index contributed by atoms with van der Waals surface area (Å²) in [7, 11) is -29.6. The second-order valence-electron chi connectivity index (χ2n) is 11.8. The SMILES string of the molecule is O=S(=O)([O-])c1cc(S(=O)(=O)[O-])c2cc(NS(=O)(=O)c3ccc(-c4ccc(S(=O)(=O)Nc5ccc6cc(S(=O)(=O)[O-])cc(S(=O)(=O)[O-])c6c5)cc4)cc3)ccc2c1. The number of benzene rings is 6. The van der Waals surface area contributed by atoms with Gasteiger partial charge in [-0.15, -0.1) is 0 Å². The molecule has 2 N–H and O–H groups in total. The van der Waals surface area contributed by atoms with Crippen LogP contribution in [0, 0.1) is 0 Å². The molecule has 0 saturated heterocycles. The molecule has 0 heterocycles. The van der Waals surface area contributed by atoms with Crippen molar-refractivity contribution in [2.45, 2.75) is 29.4 Å². The summed E-state index contributed by atoms with van der Waals surface area (Å²) in [4.78, 5) is -4.60. The highest BCUT2D eigenvalue weighted by atomic mass is 32.2. The zero-order chi connectivity index (χ0) is 41.2. The van der Waals surface area contributed by atoms with Crippen molar-refractivity contribution < 1.29 is 68.7 Å². The van der Waals surface area contributed by atoms with Crippen LogP contribution in [0.25, 0.3) is 32.7 Å². The van der Waals surface area contributed by atoms with Crippen LogP contribution in [-0.2, 0) is 60.5 Å². The van der Waals surface area contributed by atoms with E-state index in [-0.39, 0.29) is 42.7 Å². The van der Waals surface area contributed by atoms with Crippen LogP contribution in [-0.4, -0.2) is 68.7 Å². The number of sulfonamides is 2. The Hall–Kier alpha value is -5.02. The molecule has 0 saturated carbocycles. The number of rotatable bonds is 11. The summed E-state index contributed by atoms with van der Waals surface area (Å²) < 4.78 is 197. The maximum atomic E-state index is 13.2. The van der Waals surface area contributed by atoms with Gasteiger partial charge < -0.3 is 18.2 Å². The Bertz CT molecular complexity index is 3080. The zero-order valence-corrected chi connectivity index (χ0v) is 32.3. The standard InChI is InChI=1S/C32H24N2O16S6/c35-51(36,33-23-7-1-21-13-27(53(39,40)41)17-31(29(21)15-23)55(45,46)47)25-9-3-19(4-10-25)20-5-11-26(12-6-20)52(37,38)34-24-8-2-22-14-28(54(42,43)44)18-32(30(22)16-24)56(48,49)50/h1-18,33-34H,(H,39,40,41)(H,42,43,44)(H,45,46,47)(H,48,49,50)/p-4. The quantitative estimate of drug-likeness (QED) is 0.177. The van der Waals surface area contributed by atoms with Gasteiger partial charge >= 0.3 is 0 Å². The molecule has 6 rings (SSSR count). The molecule has 6 aromatic carbocycles. The van der Waals surface area contributed by atoms with Crippen molar-refractivity contribution in [1.29, 1.82) is 0 Å². The van der Waals surface area contributed by atoms with E-state index in [9.17, 15) is 68.7 Å². The topological polar surface area (TPSA) is 321 Å². The molecule has 0 fully saturated rings. The first-order chi connectivity index (χ1) is 25.7. The van der Waals surface area contributed by atoms with Crippen molar-refractivity contribution in [2.75, 3.05) is 9.44 Å². The lowest BCUT2D eigenvalue weighted by Crippen LogP contribution is -2.13. The normalized spacial score (nSPS) is 13.1. The Morgan fingerprint density at radius 3 is 0.946 bits per heavy atom. The third-order valence-electron chi connectivity index (χ3n) is 8.06.